The van der Waals surface area contributed by atoms with Crippen LogP contribution >= 0.6 is 0 Å². The maximum Gasteiger partial charge on any atom is 0.253 e. The first-order valence-corrected chi connectivity index (χ1v) is 9.33. The van der Waals surface area contributed by atoms with Gasteiger partial charge in [0.15, 0.2) is 11.6 Å². The maximum atomic E-state index is 13.5. The quantitative estimate of drug-likeness (QED) is 0.826. The van der Waals surface area contributed by atoms with Crippen molar-refractivity contribution in [2.24, 2.45) is 5.73 Å². The molecule has 4 rings (SSSR count). The fourth-order valence-electron chi connectivity index (χ4n) is 4.09. The molecular formula is C22H22F2N2O2. The van der Waals surface area contributed by atoms with Gasteiger partial charge in [-0.25, -0.2) is 8.78 Å². The van der Waals surface area contributed by atoms with Gasteiger partial charge < -0.3 is 15.4 Å². The number of likely N-dealkylation sites (tertiary alicyclic amines) is 1. The Labute approximate surface area is 162 Å². The molecule has 2 heterocycles. The number of fused-ring (bicyclic) bond motifs is 2. The van der Waals surface area contributed by atoms with Gasteiger partial charge in [-0.2, -0.15) is 0 Å². The van der Waals surface area contributed by atoms with Gasteiger partial charge in [0.1, 0.15) is 5.75 Å². The first kappa shape index (κ1) is 18.6. The largest absolute Gasteiger partial charge is 0.492 e. The summed E-state index contributed by atoms with van der Waals surface area (Å²) in [6.07, 6.45) is 1.54. The van der Waals surface area contributed by atoms with Gasteiger partial charge in [0, 0.05) is 36.2 Å². The Balaban J connectivity index is 1.48. The summed E-state index contributed by atoms with van der Waals surface area (Å²) >= 11 is 0. The fourth-order valence-corrected chi connectivity index (χ4v) is 4.09. The molecule has 1 amide bonds. The summed E-state index contributed by atoms with van der Waals surface area (Å²) in [6, 6.07) is 9.45. The summed E-state index contributed by atoms with van der Waals surface area (Å²) in [7, 11) is 0. The second kappa shape index (κ2) is 7.02. The molecule has 0 aromatic heterocycles. The van der Waals surface area contributed by atoms with E-state index in [1.54, 1.807) is 4.90 Å². The van der Waals surface area contributed by atoms with E-state index in [-0.39, 0.29) is 16.9 Å². The molecule has 0 unspecified atom stereocenters. The number of carbonyl (C=O) groups is 1. The van der Waals surface area contributed by atoms with Crippen LogP contribution in [0.5, 0.6) is 5.75 Å². The average Bonchev–Trinajstić information content (AvgIpc) is 3.07. The highest BCUT2D eigenvalue weighted by molar-refractivity contribution is 6.18. The molecular weight excluding hydrogens is 362 g/mol. The molecule has 6 heteroatoms. The second-order valence-electron chi connectivity index (χ2n) is 7.50. The van der Waals surface area contributed by atoms with Crippen molar-refractivity contribution in [3.63, 3.8) is 0 Å². The van der Waals surface area contributed by atoms with Gasteiger partial charge in [0.2, 0.25) is 0 Å². The van der Waals surface area contributed by atoms with Crippen LogP contribution in [0, 0.1) is 11.6 Å². The van der Waals surface area contributed by atoms with Crippen molar-refractivity contribution in [3.8, 4) is 5.75 Å². The van der Waals surface area contributed by atoms with Crippen molar-refractivity contribution in [2.75, 3.05) is 19.7 Å². The summed E-state index contributed by atoms with van der Waals surface area (Å²) in [5, 5.41) is 0. The Bertz CT molecular complexity index is 950. The number of ether oxygens (including phenoxy) is 1. The van der Waals surface area contributed by atoms with E-state index in [2.05, 4.69) is 12.6 Å². The Morgan fingerprint density at radius 2 is 1.89 bits per heavy atom. The number of hydrogen-bond acceptors (Lipinski definition) is 3. The average molecular weight is 384 g/mol. The zero-order chi connectivity index (χ0) is 19.9. The standard InChI is InChI=1S/C22H22F2N2O2/c1-14(16-3-4-18(23)19(24)11-16)21(27)26-8-6-22(7-9-26)13-28-20-5-2-15(12-25)10-17(20)22/h2-5,10-11H,1,6-9,12-13,25H2. The van der Waals surface area contributed by atoms with E-state index in [1.807, 2.05) is 12.1 Å². The van der Waals surface area contributed by atoms with Crippen LogP contribution in [0.2, 0.25) is 0 Å². The Hall–Kier alpha value is -2.73. The summed E-state index contributed by atoms with van der Waals surface area (Å²) < 4.78 is 32.5. The van der Waals surface area contributed by atoms with Gasteiger partial charge in [-0.05, 0) is 42.2 Å². The minimum Gasteiger partial charge on any atom is -0.492 e. The number of benzene rings is 2. The highest BCUT2D eigenvalue weighted by Gasteiger charge is 2.44. The molecule has 0 aliphatic carbocycles. The first-order chi connectivity index (χ1) is 13.4. The second-order valence-corrected chi connectivity index (χ2v) is 7.50. The van der Waals surface area contributed by atoms with Crippen molar-refractivity contribution >= 4 is 11.5 Å². The Kier molecular flexibility index (Phi) is 4.67. The van der Waals surface area contributed by atoms with E-state index in [9.17, 15) is 13.6 Å². The lowest BCUT2D eigenvalue weighted by Crippen LogP contribution is -2.46. The number of carbonyl (C=O) groups excluding carboxylic acids is 1. The fraction of sp³-hybridized carbons (Fsp3) is 0.318. The van der Waals surface area contributed by atoms with Crippen LogP contribution in [0.1, 0.15) is 29.5 Å². The van der Waals surface area contributed by atoms with Gasteiger partial charge in [-0.3, -0.25) is 4.79 Å². The van der Waals surface area contributed by atoms with Crippen LogP contribution in [0.15, 0.2) is 43.0 Å². The molecule has 1 spiro atoms. The van der Waals surface area contributed by atoms with Crippen LogP contribution in [0.3, 0.4) is 0 Å². The summed E-state index contributed by atoms with van der Waals surface area (Å²) in [4.78, 5) is 14.5. The number of nitrogens with two attached hydrogens (primary N) is 1. The maximum absolute atomic E-state index is 13.5. The molecule has 0 atom stereocenters. The predicted molar refractivity (Wildman–Crippen MR) is 103 cm³/mol. The molecule has 4 nitrogen and oxygen atoms in total. The molecule has 2 aromatic rings. The molecule has 1 fully saturated rings. The topological polar surface area (TPSA) is 55.6 Å². The highest BCUT2D eigenvalue weighted by Crippen LogP contribution is 2.46. The minimum atomic E-state index is -0.987. The van der Waals surface area contributed by atoms with Crippen LogP contribution in [-0.4, -0.2) is 30.5 Å². The molecule has 2 aromatic carbocycles. The number of nitrogens with zero attached hydrogens (tertiary/aromatic N) is 1. The number of piperidine rings is 1. The van der Waals surface area contributed by atoms with Crippen molar-refractivity contribution in [3.05, 3.63) is 71.3 Å². The number of rotatable bonds is 3. The van der Waals surface area contributed by atoms with E-state index in [4.69, 9.17) is 10.5 Å². The van der Waals surface area contributed by atoms with Gasteiger partial charge in [-0.1, -0.05) is 24.8 Å². The van der Waals surface area contributed by atoms with E-state index in [0.29, 0.717) is 31.8 Å². The smallest absolute Gasteiger partial charge is 0.253 e. The van der Waals surface area contributed by atoms with E-state index < -0.39 is 11.6 Å². The van der Waals surface area contributed by atoms with Gasteiger partial charge in [0.25, 0.3) is 5.91 Å². The third-order valence-electron chi connectivity index (χ3n) is 5.89. The zero-order valence-corrected chi connectivity index (χ0v) is 15.5. The molecule has 0 saturated carbocycles. The lowest BCUT2D eigenvalue weighted by atomic mass is 9.74. The van der Waals surface area contributed by atoms with E-state index in [1.165, 1.54) is 11.6 Å². The molecule has 2 aliphatic rings. The first-order valence-electron chi connectivity index (χ1n) is 9.33. The molecule has 28 heavy (non-hydrogen) atoms. The molecule has 0 radical (unpaired) electrons. The zero-order valence-electron chi connectivity index (χ0n) is 15.5. The number of hydrogen-bond donors (Lipinski definition) is 1. The molecule has 146 valence electrons. The van der Waals surface area contributed by atoms with Gasteiger partial charge in [0.05, 0.1) is 6.61 Å². The van der Waals surface area contributed by atoms with Crippen LogP contribution in [0.25, 0.3) is 5.57 Å². The minimum absolute atomic E-state index is 0.111. The van der Waals surface area contributed by atoms with Crippen molar-refractivity contribution in [2.45, 2.75) is 24.8 Å². The Morgan fingerprint density at radius 1 is 1.14 bits per heavy atom. The van der Waals surface area contributed by atoms with Crippen molar-refractivity contribution in [1.82, 2.24) is 4.90 Å². The van der Waals surface area contributed by atoms with Crippen LogP contribution < -0.4 is 10.5 Å². The third kappa shape index (κ3) is 3.07. The van der Waals surface area contributed by atoms with E-state index in [0.717, 1.165) is 36.3 Å². The summed E-state index contributed by atoms with van der Waals surface area (Å²) in [6.45, 7) is 5.98. The van der Waals surface area contributed by atoms with Crippen LogP contribution in [-0.2, 0) is 16.8 Å². The van der Waals surface area contributed by atoms with Crippen molar-refractivity contribution < 1.29 is 18.3 Å². The summed E-state index contributed by atoms with van der Waals surface area (Å²) in [5.74, 6) is -1.29. The molecule has 2 aliphatic heterocycles. The predicted octanol–water partition coefficient (Wildman–Crippen LogP) is 3.39. The lowest BCUT2D eigenvalue weighted by Gasteiger charge is -2.39. The van der Waals surface area contributed by atoms with Gasteiger partial charge in [-0.15, -0.1) is 0 Å². The highest BCUT2D eigenvalue weighted by atomic mass is 19.2. The van der Waals surface area contributed by atoms with Crippen molar-refractivity contribution in [1.29, 1.82) is 0 Å². The molecule has 0 bridgehead atoms. The molecule has 1 saturated heterocycles. The Morgan fingerprint density at radius 3 is 2.57 bits per heavy atom. The number of amides is 1. The number of halogens is 2. The monoisotopic (exact) mass is 384 g/mol. The SMILES string of the molecule is C=C(C(=O)N1CCC2(CC1)COc1ccc(CN)cc12)c1ccc(F)c(F)c1. The van der Waals surface area contributed by atoms with E-state index >= 15 is 0 Å². The lowest BCUT2D eigenvalue weighted by molar-refractivity contribution is -0.126. The third-order valence-corrected chi connectivity index (χ3v) is 5.89. The normalized spacial score (nSPS) is 17.3. The van der Waals surface area contributed by atoms with Crippen LogP contribution in [0.4, 0.5) is 8.78 Å². The summed E-state index contributed by atoms with van der Waals surface area (Å²) in [5.41, 5.74) is 8.37. The molecule has 2 N–H and O–H groups in total. The van der Waals surface area contributed by atoms with Gasteiger partial charge >= 0.3 is 0 Å².